The Bertz CT molecular complexity index is 450. The molecule has 98 valence electrons. The van der Waals surface area contributed by atoms with Crippen LogP contribution in [0.15, 0.2) is 18.2 Å². The molecule has 0 radical (unpaired) electrons. The molecule has 0 saturated heterocycles. The van der Waals surface area contributed by atoms with Crippen LogP contribution in [0.25, 0.3) is 0 Å². The number of hydrogen-bond acceptors (Lipinski definition) is 5. The Morgan fingerprint density at radius 3 is 2.61 bits per heavy atom. The number of nitrogens with two attached hydrogens (primary N) is 2. The number of rotatable bonds is 4. The molecular weight excluding hydrogens is 236 g/mol. The summed E-state index contributed by atoms with van der Waals surface area (Å²) in [5, 5.41) is 8.69. The molecule has 1 aliphatic rings. The van der Waals surface area contributed by atoms with Gasteiger partial charge in [-0.3, -0.25) is 4.79 Å². The van der Waals surface area contributed by atoms with E-state index in [-0.39, 0.29) is 6.42 Å². The molecule has 5 N–H and O–H groups in total. The van der Waals surface area contributed by atoms with Gasteiger partial charge in [0.05, 0.1) is 6.42 Å². The van der Waals surface area contributed by atoms with Gasteiger partial charge in [0, 0.05) is 12.1 Å². The maximum absolute atomic E-state index is 10.6. The zero-order chi connectivity index (χ0) is 13.1. The van der Waals surface area contributed by atoms with Gasteiger partial charge in [0.1, 0.15) is 13.2 Å². The SMILES string of the molecule is NC(CC(=O)O)C(N)c1ccc2c(c1)OCCO2. The number of carboxylic acid groups (broad SMARTS) is 1. The van der Waals surface area contributed by atoms with Gasteiger partial charge in [-0.05, 0) is 17.7 Å². The van der Waals surface area contributed by atoms with Crippen molar-refractivity contribution in [3.63, 3.8) is 0 Å². The van der Waals surface area contributed by atoms with Crippen molar-refractivity contribution in [3.8, 4) is 11.5 Å². The zero-order valence-corrected chi connectivity index (χ0v) is 9.83. The van der Waals surface area contributed by atoms with E-state index in [0.29, 0.717) is 24.7 Å². The molecule has 1 aromatic carbocycles. The number of ether oxygens (including phenoxy) is 2. The van der Waals surface area contributed by atoms with E-state index in [9.17, 15) is 4.79 Å². The van der Waals surface area contributed by atoms with Crippen molar-refractivity contribution in [2.24, 2.45) is 11.5 Å². The van der Waals surface area contributed by atoms with E-state index in [2.05, 4.69) is 0 Å². The van der Waals surface area contributed by atoms with Crippen LogP contribution in [-0.4, -0.2) is 30.3 Å². The van der Waals surface area contributed by atoms with E-state index in [1.54, 1.807) is 18.2 Å². The highest BCUT2D eigenvalue weighted by atomic mass is 16.6. The Morgan fingerprint density at radius 1 is 1.28 bits per heavy atom. The van der Waals surface area contributed by atoms with Crippen LogP contribution in [0, 0.1) is 0 Å². The molecule has 18 heavy (non-hydrogen) atoms. The number of benzene rings is 1. The molecule has 2 rings (SSSR count). The second kappa shape index (κ2) is 5.24. The van der Waals surface area contributed by atoms with Crippen LogP contribution in [-0.2, 0) is 4.79 Å². The van der Waals surface area contributed by atoms with E-state index in [4.69, 9.17) is 26.0 Å². The van der Waals surface area contributed by atoms with Crippen LogP contribution >= 0.6 is 0 Å². The van der Waals surface area contributed by atoms with Crippen LogP contribution in [0.2, 0.25) is 0 Å². The summed E-state index contributed by atoms with van der Waals surface area (Å²) in [6, 6.07) is 4.11. The van der Waals surface area contributed by atoms with Gasteiger partial charge in [-0.2, -0.15) is 0 Å². The molecule has 1 aliphatic heterocycles. The number of carbonyl (C=O) groups is 1. The van der Waals surface area contributed by atoms with E-state index < -0.39 is 18.1 Å². The second-order valence-electron chi connectivity index (χ2n) is 4.19. The highest BCUT2D eigenvalue weighted by molar-refractivity contribution is 5.67. The van der Waals surface area contributed by atoms with E-state index >= 15 is 0 Å². The number of hydrogen-bond donors (Lipinski definition) is 3. The maximum Gasteiger partial charge on any atom is 0.304 e. The van der Waals surface area contributed by atoms with Gasteiger partial charge in [-0.1, -0.05) is 6.07 Å². The maximum atomic E-state index is 10.6. The third kappa shape index (κ3) is 2.72. The summed E-state index contributed by atoms with van der Waals surface area (Å²) in [5.74, 6) is 0.330. The lowest BCUT2D eigenvalue weighted by atomic mass is 9.98. The van der Waals surface area contributed by atoms with Crippen molar-refractivity contribution in [2.75, 3.05) is 13.2 Å². The summed E-state index contributed by atoms with van der Waals surface area (Å²) in [5.41, 5.74) is 12.4. The van der Waals surface area contributed by atoms with Crippen LogP contribution < -0.4 is 20.9 Å². The average Bonchev–Trinajstić information content (AvgIpc) is 2.36. The molecule has 2 unspecified atom stereocenters. The first-order chi connectivity index (χ1) is 8.58. The second-order valence-corrected chi connectivity index (χ2v) is 4.19. The summed E-state index contributed by atoms with van der Waals surface area (Å²) in [6.07, 6.45) is -0.171. The first-order valence-electron chi connectivity index (χ1n) is 5.70. The zero-order valence-electron chi connectivity index (χ0n) is 9.83. The first kappa shape index (κ1) is 12.7. The fraction of sp³-hybridized carbons (Fsp3) is 0.417. The predicted molar refractivity (Wildman–Crippen MR) is 64.6 cm³/mol. The molecule has 6 nitrogen and oxygen atoms in total. The fourth-order valence-corrected chi connectivity index (χ4v) is 1.84. The number of fused-ring (bicyclic) bond motifs is 1. The highest BCUT2D eigenvalue weighted by Gasteiger charge is 2.20. The third-order valence-electron chi connectivity index (χ3n) is 2.82. The Morgan fingerprint density at radius 2 is 1.94 bits per heavy atom. The standard InChI is InChI=1S/C12H16N2O4/c13-8(6-11(15)16)12(14)7-1-2-9-10(5-7)18-4-3-17-9/h1-2,5,8,12H,3-4,6,13-14H2,(H,15,16). The molecule has 0 amide bonds. The fourth-order valence-electron chi connectivity index (χ4n) is 1.84. The van der Waals surface area contributed by atoms with Gasteiger partial charge in [0.15, 0.2) is 11.5 Å². The Hall–Kier alpha value is -1.79. The minimum absolute atomic E-state index is 0.171. The quantitative estimate of drug-likeness (QED) is 0.709. The van der Waals surface area contributed by atoms with E-state index in [0.717, 1.165) is 5.56 Å². The van der Waals surface area contributed by atoms with Crippen LogP contribution in [0.1, 0.15) is 18.0 Å². The van der Waals surface area contributed by atoms with Crippen molar-refractivity contribution < 1.29 is 19.4 Å². The molecule has 1 aromatic rings. The molecule has 6 heteroatoms. The van der Waals surface area contributed by atoms with Gasteiger partial charge >= 0.3 is 5.97 Å². The Balaban J connectivity index is 2.15. The Kier molecular flexibility index (Phi) is 3.69. The van der Waals surface area contributed by atoms with Crippen molar-refractivity contribution >= 4 is 5.97 Å². The molecule has 2 atom stereocenters. The van der Waals surface area contributed by atoms with Crippen LogP contribution in [0.3, 0.4) is 0 Å². The predicted octanol–water partition coefficient (Wildman–Crippen LogP) is 0.260. The van der Waals surface area contributed by atoms with Crippen molar-refractivity contribution in [2.45, 2.75) is 18.5 Å². The lowest BCUT2D eigenvalue weighted by Gasteiger charge is -2.22. The van der Waals surface area contributed by atoms with Crippen molar-refractivity contribution in [1.82, 2.24) is 0 Å². The van der Waals surface area contributed by atoms with E-state index in [1.807, 2.05) is 0 Å². The van der Waals surface area contributed by atoms with Crippen LogP contribution in [0.5, 0.6) is 11.5 Å². The molecule has 0 fully saturated rings. The molecule has 0 bridgehead atoms. The largest absolute Gasteiger partial charge is 0.486 e. The number of aliphatic carboxylic acids is 1. The van der Waals surface area contributed by atoms with Gasteiger partial charge in [0.2, 0.25) is 0 Å². The minimum atomic E-state index is -0.963. The topological polar surface area (TPSA) is 108 Å². The lowest BCUT2D eigenvalue weighted by molar-refractivity contribution is -0.137. The van der Waals surface area contributed by atoms with Gasteiger partial charge in [-0.25, -0.2) is 0 Å². The summed E-state index contributed by atoms with van der Waals surface area (Å²) in [4.78, 5) is 10.6. The van der Waals surface area contributed by atoms with Crippen molar-refractivity contribution in [1.29, 1.82) is 0 Å². The van der Waals surface area contributed by atoms with Crippen LogP contribution in [0.4, 0.5) is 0 Å². The summed E-state index contributed by atoms with van der Waals surface area (Å²) >= 11 is 0. The van der Waals surface area contributed by atoms with Gasteiger partial charge < -0.3 is 26.0 Å². The smallest absolute Gasteiger partial charge is 0.304 e. The number of carboxylic acids is 1. The molecule has 0 aromatic heterocycles. The van der Waals surface area contributed by atoms with Crippen molar-refractivity contribution in [3.05, 3.63) is 23.8 Å². The normalized spacial score (nSPS) is 17.0. The average molecular weight is 252 g/mol. The minimum Gasteiger partial charge on any atom is -0.486 e. The molecule has 0 spiro atoms. The highest BCUT2D eigenvalue weighted by Crippen LogP contribution is 2.32. The summed E-state index contributed by atoms with van der Waals surface area (Å²) in [7, 11) is 0. The summed E-state index contributed by atoms with van der Waals surface area (Å²) in [6.45, 7) is 1.02. The van der Waals surface area contributed by atoms with E-state index in [1.165, 1.54) is 0 Å². The first-order valence-corrected chi connectivity index (χ1v) is 5.70. The Labute approximate surface area is 104 Å². The summed E-state index contributed by atoms with van der Waals surface area (Å²) < 4.78 is 10.8. The molecular formula is C12H16N2O4. The lowest BCUT2D eigenvalue weighted by Crippen LogP contribution is -2.36. The van der Waals surface area contributed by atoms with Gasteiger partial charge in [-0.15, -0.1) is 0 Å². The van der Waals surface area contributed by atoms with Gasteiger partial charge in [0.25, 0.3) is 0 Å². The monoisotopic (exact) mass is 252 g/mol. The molecule has 0 saturated carbocycles. The molecule has 0 aliphatic carbocycles. The third-order valence-corrected chi connectivity index (χ3v) is 2.82. The molecule has 1 heterocycles.